The summed E-state index contributed by atoms with van der Waals surface area (Å²) in [4.78, 5) is 1.33. The van der Waals surface area contributed by atoms with Gasteiger partial charge < -0.3 is 5.32 Å². The van der Waals surface area contributed by atoms with E-state index in [-0.39, 0.29) is 0 Å². The van der Waals surface area contributed by atoms with Gasteiger partial charge in [-0.1, -0.05) is 25.1 Å². The summed E-state index contributed by atoms with van der Waals surface area (Å²) in [6, 6.07) is 10.9. The minimum atomic E-state index is 0.461. The topological polar surface area (TPSA) is 12.0 Å². The zero-order valence-electron chi connectivity index (χ0n) is 9.08. The quantitative estimate of drug-likeness (QED) is 0.448. The van der Waals surface area contributed by atoms with Crippen molar-refractivity contribution in [1.82, 2.24) is 5.32 Å². The Morgan fingerprint density at radius 2 is 2.07 bits per heavy atom. The number of thioether (sulfide) groups is 1. The maximum Gasteiger partial charge on any atom is 0.0377 e. The Hall–Kier alpha value is -0.180. The van der Waals surface area contributed by atoms with E-state index in [1.165, 1.54) is 4.90 Å². The lowest BCUT2D eigenvalue weighted by molar-refractivity contribution is 0.560. The molecule has 1 N–H and O–H groups in total. The van der Waals surface area contributed by atoms with Gasteiger partial charge in [-0.15, -0.1) is 23.4 Å². The molecule has 1 atom stereocenters. The van der Waals surface area contributed by atoms with Gasteiger partial charge in [0, 0.05) is 29.1 Å². The predicted molar refractivity (Wildman–Crippen MR) is 70.0 cm³/mol. The third-order valence-corrected chi connectivity index (χ3v) is 3.61. The van der Waals surface area contributed by atoms with Crippen LogP contribution in [-0.2, 0) is 0 Å². The maximum atomic E-state index is 5.79. The molecule has 1 rings (SSSR count). The number of hydrogen-bond acceptors (Lipinski definition) is 2. The molecule has 0 aromatic heterocycles. The van der Waals surface area contributed by atoms with Crippen LogP contribution < -0.4 is 5.32 Å². The van der Waals surface area contributed by atoms with Gasteiger partial charge in [0.2, 0.25) is 0 Å². The van der Waals surface area contributed by atoms with Gasteiger partial charge in [-0.2, -0.15) is 0 Å². The average molecular weight is 244 g/mol. The molecular formula is C12H18ClNS. The van der Waals surface area contributed by atoms with Crippen LogP contribution in [0.4, 0.5) is 0 Å². The van der Waals surface area contributed by atoms with Crippen molar-refractivity contribution < 1.29 is 0 Å². The molecule has 0 aliphatic carbocycles. The highest BCUT2D eigenvalue weighted by Crippen LogP contribution is 2.15. The molecule has 0 bridgehead atoms. The van der Waals surface area contributed by atoms with Crippen LogP contribution in [0, 0.1) is 0 Å². The Labute approximate surface area is 102 Å². The van der Waals surface area contributed by atoms with Crippen molar-refractivity contribution in [2.24, 2.45) is 0 Å². The minimum absolute atomic E-state index is 0.461. The zero-order valence-corrected chi connectivity index (χ0v) is 10.7. The molecule has 1 aromatic carbocycles. The van der Waals surface area contributed by atoms with E-state index in [9.17, 15) is 0 Å². The number of alkyl halides is 1. The summed E-state index contributed by atoms with van der Waals surface area (Å²) in [5.41, 5.74) is 0. The summed E-state index contributed by atoms with van der Waals surface area (Å²) in [6.45, 7) is 3.18. The third-order valence-electron chi connectivity index (χ3n) is 2.23. The summed E-state index contributed by atoms with van der Waals surface area (Å²) < 4.78 is 0. The summed E-state index contributed by atoms with van der Waals surface area (Å²) in [7, 11) is 0. The van der Waals surface area contributed by atoms with Crippen molar-refractivity contribution in [3.63, 3.8) is 0 Å². The molecule has 84 valence electrons. The highest BCUT2D eigenvalue weighted by Gasteiger charge is 2.01. The van der Waals surface area contributed by atoms with E-state index in [4.69, 9.17) is 11.6 Å². The van der Waals surface area contributed by atoms with Gasteiger partial charge in [0.25, 0.3) is 0 Å². The first-order valence-electron chi connectivity index (χ1n) is 5.34. The lowest BCUT2D eigenvalue weighted by Crippen LogP contribution is -2.31. The standard InChI is InChI=1S/C12H18ClNS/c1-2-11(10-13)14-8-9-15-12-6-4-3-5-7-12/h3-7,11,14H,2,8-10H2,1H3. The number of hydrogen-bond donors (Lipinski definition) is 1. The molecule has 0 aliphatic rings. The van der Waals surface area contributed by atoms with Gasteiger partial charge in [0.1, 0.15) is 0 Å². The third kappa shape index (κ3) is 5.45. The summed E-state index contributed by atoms with van der Waals surface area (Å²) in [5, 5.41) is 3.44. The van der Waals surface area contributed by atoms with Gasteiger partial charge in [-0.25, -0.2) is 0 Å². The Morgan fingerprint density at radius 3 is 2.67 bits per heavy atom. The molecule has 0 spiro atoms. The molecule has 3 heteroatoms. The van der Waals surface area contributed by atoms with E-state index >= 15 is 0 Å². The fourth-order valence-corrected chi connectivity index (χ4v) is 2.39. The van der Waals surface area contributed by atoms with Gasteiger partial charge >= 0.3 is 0 Å². The lowest BCUT2D eigenvalue weighted by atomic mass is 10.3. The SMILES string of the molecule is CCC(CCl)NCCSc1ccccc1. The summed E-state index contributed by atoms with van der Waals surface area (Å²) in [6.07, 6.45) is 1.10. The van der Waals surface area contributed by atoms with Gasteiger partial charge in [-0.3, -0.25) is 0 Å². The van der Waals surface area contributed by atoms with E-state index < -0.39 is 0 Å². The van der Waals surface area contributed by atoms with E-state index in [1.807, 2.05) is 17.8 Å². The van der Waals surface area contributed by atoms with Crippen molar-refractivity contribution >= 4 is 23.4 Å². The smallest absolute Gasteiger partial charge is 0.0377 e. The zero-order chi connectivity index (χ0) is 10.9. The molecule has 0 aliphatic heterocycles. The monoisotopic (exact) mass is 243 g/mol. The van der Waals surface area contributed by atoms with E-state index in [1.54, 1.807) is 0 Å². The van der Waals surface area contributed by atoms with Gasteiger partial charge in [0.15, 0.2) is 0 Å². The number of rotatable bonds is 7. The molecule has 0 radical (unpaired) electrons. The van der Waals surface area contributed by atoms with E-state index in [0.29, 0.717) is 11.9 Å². The van der Waals surface area contributed by atoms with Crippen LogP contribution in [0.25, 0.3) is 0 Å². The van der Waals surface area contributed by atoms with Crippen molar-refractivity contribution in [1.29, 1.82) is 0 Å². The Morgan fingerprint density at radius 1 is 1.33 bits per heavy atom. The number of nitrogens with one attached hydrogen (secondary N) is 1. The first-order chi connectivity index (χ1) is 7.36. The minimum Gasteiger partial charge on any atom is -0.312 e. The first kappa shape index (κ1) is 12.9. The number of halogens is 1. The second-order valence-electron chi connectivity index (χ2n) is 3.38. The largest absolute Gasteiger partial charge is 0.312 e. The lowest BCUT2D eigenvalue weighted by Gasteiger charge is -2.12. The molecule has 0 fully saturated rings. The predicted octanol–water partition coefficient (Wildman–Crippen LogP) is 3.39. The Balaban J connectivity index is 2.12. The van der Waals surface area contributed by atoms with Gasteiger partial charge in [0.05, 0.1) is 0 Å². The first-order valence-corrected chi connectivity index (χ1v) is 6.86. The molecule has 1 unspecified atom stereocenters. The molecule has 0 saturated heterocycles. The van der Waals surface area contributed by atoms with Crippen molar-refractivity contribution in [2.75, 3.05) is 18.2 Å². The van der Waals surface area contributed by atoms with Gasteiger partial charge in [-0.05, 0) is 18.6 Å². The van der Waals surface area contributed by atoms with Crippen molar-refractivity contribution in [2.45, 2.75) is 24.3 Å². The molecular weight excluding hydrogens is 226 g/mol. The van der Waals surface area contributed by atoms with Crippen LogP contribution in [-0.4, -0.2) is 24.2 Å². The van der Waals surface area contributed by atoms with Crippen molar-refractivity contribution in [3.8, 4) is 0 Å². The summed E-state index contributed by atoms with van der Waals surface area (Å²) in [5.74, 6) is 1.80. The Kier molecular flexibility index (Phi) is 6.90. The van der Waals surface area contributed by atoms with Crippen LogP contribution in [0.15, 0.2) is 35.2 Å². The van der Waals surface area contributed by atoms with Crippen LogP contribution in [0.3, 0.4) is 0 Å². The van der Waals surface area contributed by atoms with Crippen LogP contribution >= 0.6 is 23.4 Å². The van der Waals surface area contributed by atoms with Crippen LogP contribution in [0.1, 0.15) is 13.3 Å². The molecule has 0 heterocycles. The van der Waals surface area contributed by atoms with E-state index in [2.05, 4.69) is 36.5 Å². The van der Waals surface area contributed by atoms with Crippen LogP contribution in [0.2, 0.25) is 0 Å². The van der Waals surface area contributed by atoms with E-state index in [0.717, 1.165) is 18.7 Å². The maximum absolute atomic E-state index is 5.79. The second-order valence-corrected chi connectivity index (χ2v) is 4.85. The molecule has 1 aromatic rings. The molecule has 1 nitrogen and oxygen atoms in total. The normalized spacial score (nSPS) is 12.7. The second kappa shape index (κ2) is 8.03. The Bertz CT molecular complexity index is 249. The molecule has 15 heavy (non-hydrogen) atoms. The fourth-order valence-electron chi connectivity index (χ4n) is 1.26. The summed E-state index contributed by atoms with van der Waals surface area (Å²) >= 11 is 7.67. The highest BCUT2D eigenvalue weighted by molar-refractivity contribution is 7.99. The van der Waals surface area contributed by atoms with Crippen molar-refractivity contribution in [3.05, 3.63) is 30.3 Å². The molecule has 0 saturated carbocycles. The average Bonchev–Trinajstić information content (AvgIpc) is 2.31. The number of benzene rings is 1. The highest BCUT2D eigenvalue weighted by atomic mass is 35.5. The van der Waals surface area contributed by atoms with Crippen LogP contribution in [0.5, 0.6) is 0 Å². The fraction of sp³-hybridized carbons (Fsp3) is 0.500. The molecule has 0 amide bonds.